The van der Waals surface area contributed by atoms with Crippen LogP contribution < -0.4 is 4.74 Å². The number of rotatable bonds is 5. The van der Waals surface area contributed by atoms with Crippen molar-refractivity contribution >= 4 is 11.0 Å². The molecule has 1 heterocycles. The lowest BCUT2D eigenvalue weighted by Gasteiger charge is -2.13. The molecule has 4 heteroatoms. The summed E-state index contributed by atoms with van der Waals surface area (Å²) in [7, 11) is 0. The van der Waals surface area contributed by atoms with Crippen molar-refractivity contribution in [3.8, 4) is 5.75 Å². The summed E-state index contributed by atoms with van der Waals surface area (Å²) < 4.78 is 7.57. The molecule has 0 bridgehead atoms. The van der Waals surface area contributed by atoms with Crippen LogP contribution in [0.1, 0.15) is 5.56 Å². The molecule has 4 nitrogen and oxygen atoms in total. The number of fused-ring (bicyclic) bond motifs is 1. The molecule has 0 fully saturated rings. The Balaban J connectivity index is 1.62. The van der Waals surface area contributed by atoms with Crippen molar-refractivity contribution in [1.82, 2.24) is 9.55 Å². The Hall–Kier alpha value is -2.33. The number of para-hydroxylation sites is 2. The first-order valence-corrected chi connectivity index (χ1v) is 7.00. The molecule has 0 amide bonds. The zero-order valence-corrected chi connectivity index (χ0v) is 11.9. The molecule has 0 aliphatic heterocycles. The van der Waals surface area contributed by atoms with Crippen LogP contribution in [0.15, 0.2) is 54.9 Å². The lowest BCUT2D eigenvalue weighted by atomic mass is 10.2. The highest BCUT2D eigenvalue weighted by atomic mass is 16.5. The lowest BCUT2D eigenvalue weighted by molar-refractivity contribution is 0.0934. The smallest absolute Gasteiger partial charge is 0.119 e. The minimum absolute atomic E-state index is 0.260. The fraction of sp³-hybridized carbons (Fsp3) is 0.235. The van der Waals surface area contributed by atoms with Crippen LogP contribution in [-0.2, 0) is 6.54 Å². The standard InChI is InChI=1S/C17H18N2O2/c1-13-5-4-6-15(9-13)21-11-14(20)10-19-12-18-16-7-2-3-8-17(16)19/h2-9,12,14,20H,10-11H2,1H3. The van der Waals surface area contributed by atoms with Gasteiger partial charge in [0.25, 0.3) is 0 Å². The van der Waals surface area contributed by atoms with Crippen LogP contribution >= 0.6 is 0 Å². The van der Waals surface area contributed by atoms with E-state index in [2.05, 4.69) is 4.98 Å². The highest BCUT2D eigenvalue weighted by Crippen LogP contribution is 2.14. The quantitative estimate of drug-likeness (QED) is 0.782. The van der Waals surface area contributed by atoms with Gasteiger partial charge in [-0.3, -0.25) is 0 Å². The third-order valence-corrected chi connectivity index (χ3v) is 3.37. The van der Waals surface area contributed by atoms with E-state index in [0.29, 0.717) is 6.54 Å². The van der Waals surface area contributed by atoms with Gasteiger partial charge in [-0.2, -0.15) is 0 Å². The van der Waals surface area contributed by atoms with E-state index in [4.69, 9.17) is 4.74 Å². The molecule has 0 radical (unpaired) electrons. The van der Waals surface area contributed by atoms with E-state index in [1.165, 1.54) is 0 Å². The number of aliphatic hydroxyl groups is 1. The van der Waals surface area contributed by atoms with Crippen LogP contribution in [0.5, 0.6) is 5.75 Å². The van der Waals surface area contributed by atoms with E-state index >= 15 is 0 Å². The molecule has 0 aliphatic rings. The van der Waals surface area contributed by atoms with Crippen LogP contribution in [0.25, 0.3) is 11.0 Å². The maximum absolute atomic E-state index is 10.1. The van der Waals surface area contributed by atoms with Gasteiger partial charge in [0.05, 0.1) is 23.9 Å². The average molecular weight is 282 g/mol. The number of aromatic nitrogens is 2. The number of nitrogens with zero attached hydrogens (tertiary/aromatic N) is 2. The van der Waals surface area contributed by atoms with Gasteiger partial charge >= 0.3 is 0 Å². The molecule has 1 unspecified atom stereocenters. The molecule has 1 aromatic heterocycles. The number of aliphatic hydroxyl groups excluding tert-OH is 1. The Morgan fingerprint density at radius 2 is 2.05 bits per heavy atom. The zero-order chi connectivity index (χ0) is 14.7. The fourth-order valence-electron chi connectivity index (χ4n) is 2.33. The van der Waals surface area contributed by atoms with Gasteiger partial charge in [0.2, 0.25) is 0 Å². The normalized spacial score (nSPS) is 12.5. The first kappa shape index (κ1) is 13.6. The summed E-state index contributed by atoms with van der Waals surface area (Å²) >= 11 is 0. The van der Waals surface area contributed by atoms with Crippen molar-refractivity contribution in [1.29, 1.82) is 0 Å². The zero-order valence-electron chi connectivity index (χ0n) is 11.9. The fourth-order valence-corrected chi connectivity index (χ4v) is 2.33. The first-order chi connectivity index (χ1) is 10.2. The molecule has 2 aromatic carbocycles. The van der Waals surface area contributed by atoms with Gasteiger partial charge in [0, 0.05) is 0 Å². The van der Waals surface area contributed by atoms with Crippen molar-refractivity contribution in [3.05, 3.63) is 60.4 Å². The molecular formula is C17H18N2O2. The van der Waals surface area contributed by atoms with Gasteiger partial charge in [-0.25, -0.2) is 4.98 Å². The summed E-state index contributed by atoms with van der Waals surface area (Å²) in [4.78, 5) is 4.31. The summed E-state index contributed by atoms with van der Waals surface area (Å²) in [5, 5.41) is 10.1. The molecular weight excluding hydrogens is 264 g/mol. The van der Waals surface area contributed by atoms with Crippen molar-refractivity contribution < 1.29 is 9.84 Å². The van der Waals surface area contributed by atoms with Gasteiger partial charge in [0.15, 0.2) is 0 Å². The van der Waals surface area contributed by atoms with Gasteiger partial charge in [0.1, 0.15) is 18.5 Å². The lowest BCUT2D eigenvalue weighted by Crippen LogP contribution is -2.23. The highest BCUT2D eigenvalue weighted by Gasteiger charge is 2.09. The second-order valence-corrected chi connectivity index (χ2v) is 5.17. The van der Waals surface area contributed by atoms with E-state index in [1.54, 1.807) is 6.33 Å². The monoisotopic (exact) mass is 282 g/mol. The van der Waals surface area contributed by atoms with Crippen LogP contribution in [0.4, 0.5) is 0 Å². The van der Waals surface area contributed by atoms with Gasteiger partial charge in [-0.1, -0.05) is 24.3 Å². The van der Waals surface area contributed by atoms with Gasteiger partial charge in [-0.15, -0.1) is 0 Å². The summed E-state index contributed by atoms with van der Waals surface area (Å²) in [5.41, 5.74) is 3.10. The Kier molecular flexibility index (Phi) is 3.88. The van der Waals surface area contributed by atoms with Crippen molar-refractivity contribution in [2.75, 3.05) is 6.61 Å². The van der Waals surface area contributed by atoms with Gasteiger partial charge < -0.3 is 14.4 Å². The topological polar surface area (TPSA) is 47.3 Å². The summed E-state index contributed by atoms with van der Waals surface area (Å²) in [6.07, 6.45) is 1.17. The number of benzene rings is 2. The Morgan fingerprint density at radius 3 is 2.90 bits per heavy atom. The van der Waals surface area contributed by atoms with Crippen LogP contribution in [0.3, 0.4) is 0 Å². The summed E-state index contributed by atoms with van der Waals surface area (Å²) in [6.45, 7) is 2.74. The molecule has 0 spiro atoms. The van der Waals surface area contributed by atoms with Crippen molar-refractivity contribution in [2.45, 2.75) is 19.6 Å². The van der Waals surface area contributed by atoms with E-state index in [9.17, 15) is 5.11 Å². The third kappa shape index (κ3) is 3.23. The maximum Gasteiger partial charge on any atom is 0.119 e. The Morgan fingerprint density at radius 1 is 1.19 bits per heavy atom. The number of aryl methyl sites for hydroxylation is 1. The minimum Gasteiger partial charge on any atom is -0.491 e. The average Bonchev–Trinajstić information content (AvgIpc) is 2.89. The SMILES string of the molecule is Cc1cccc(OCC(O)Cn2cnc3ccccc32)c1. The van der Waals surface area contributed by atoms with E-state index in [0.717, 1.165) is 22.3 Å². The molecule has 1 atom stereocenters. The van der Waals surface area contributed by atoms with Crippen LogP contribution in [-0.4, -0.2) is 27.4 Å². The minimum atomic E-state index is -0.580. The number of imidazole rings is 1. The summed E-state index contributed by atoms with van der Waals surface area (Å²) in [6, 6.07) is 15.7. The molecule has 0 aliphatic carbocycles. The first-order valence-electron chi connectivity index (χ1n) is 7.00. The predicted octanol–water partition coefficient (Wildman–Crippen LogP) is 2.78. The highest BCUT2D eigenvalue weighted by molar-refractivity contribution is 5.74. The molecule has 3 rings (SSSR count). The van der Waals surface area contributed by atoms with E-state index < -0.39 is 6.10 Å². The van der Waals surface area contributed by atoms with Gasteiger partial charge in [-0.05, 0) is 36.8 Å². The molecule has 0 saturated carbocycles. The number of ether oxygens (including phenoxy) is 1. The number of hydrogen-bond donors (Lipinski definition) is 1. The van der Waals surface area contributed by atoms with Crippen molar-refractivity contribution in [3.63, 3.8) is 0 Å². The van der Waals surface area contributed by atoms with Crippen LogP contribution in [0.2, 0.25) is 0 Å². The second-order valence-electron chi connectivity index (χ2n) is 5.17. The Labute approximate surface area is 123 Å². The number of hydrogen-bond acceptors (Lipinski definition) is 3. The van der Waals surface area contributed by atoms with Crippen molar-refractivity contribution in [2.24, 2.45) is 0 Å². The maximum atomic E-state index is 10.1. The molecule has 3 aromatic rings. The van der Waals surface area contributed by atoms with E-state index in [1.807, 2.05) is 60.0 Å². The largest absolute Gasteiger partial charge is 0.491 e. The molecule has 0 saturated heterocycles. The molecule has 108 valence electrons. The molecule has 1 N–H and O–H groups in total. The summed E-state index contributed by atoms with van der Waals surface area (Å²) in [5.74, 6) is 0.782. The Bertz CT molecular complexity index is 736. The van der Waals surface area contributed by atoms with E-state index in [-0.39, 0.29) is 6.61 Å². The molecule has 21 heavy (non-hydrogen) atoms. The third-order valence-electron chi connectivity index (χ3n) is 3.37. The van der Waals surface area contributed by atoms with Crippen LogP contribution in [0, 0.1) is 6.92 Å². The second kappa shape index (κ2) is 5.97. The predicted molar refractivity (Wildman–Crippen MR) is 82.4 cm³/mol.